The molecule has 2 aromatic rings. The van der Waals surface area contributed by atoms with Gasteiger partial charge in [0, 0.05) is 29.5 Å². The Morgan fingerprint density at radius 2 is 1.74 bits per heavy atom. The maximum Gasteiger partial charge on any atom is 0.316 e. The number of anilines is 1. The van der Waals surface area contributed by atoms with Crippen LogP contribution in [0.2, 0.25) is 0 Å². The van der Waals surface area contributed by atoms with Crippen LogP contribution in [-0.4, -0.2) is 46.6 Å². The highest BCUT2D eigenvalue weighted by Gasteiger charge is 2.94. The number of piperidine rings is 1. The van der Waals surface area contributed by atoms with Crippen LogP contribution < -0.4 is 5.32 Å². The molecule has 0 unspecified atom stereocenters. The van der Waals surface area contributed by atoms with Gasteiger partial charge in [-0.15, -0.1) is 5.10 Å². The van der Waals surface area contributed by atoms with Gasteiger partial charge in [-0.25, -0.2) is 8.78 Å². The van der Waals surface area contributed by atoms with Gasteiger partial charge in [0.1, 0.15) is 0 Å². The lowest BCUT2D eigenvalue weighted by Gasteiger charge is -2.32. The van der Waals surface area contributed by atoms with Crippen LogP contribution in [0.4, 0.5) is 14.8 Å². The zero-order valence-electron chi connectivity index (χ0n) is 14.8. The van der Waals surface area contributed by atoms with Crippen LogP contribution in [0.15, 0.2) is 34.7 Å². The van der Waals surface area contributed by atoms with E-state index in [-0.39, 0.29) is 18.5 Å². The van der Waals surface area contributed by atoms with Crippen LogP contribution in [0.25, 0.3) is 11.5 Å². The van der Waals surface area contributed by atoms with Crippen molar-refractivity contribution in [1.82, 2.24) is 15.1 Å². The second-order valence-corrected chi connectivity index (χ2v) is 7.75. The highest BCUT2D eigenvalue weighted by molar-refractivity contribution is 5.80. The number of benzene rings is 1. The second kappa shape index (κ2) is 5.50. The quantitative estimate of drug-likeness (QED) is 0.890. The van der Waals surface area contributed by atoms with Crippen molar-refractivity contribution in [2.24, 2.45) is 10.8 Å². The standard InChI is InChI=1S/C19H20F2N4O2/c20-19(21)17(6-7-17)18(19)8-10-25(11-9-18)14(26)12-22-16-24-23-15(27-16)13-4-2-1-3-5-13/h1-5H,6-12H2,(H,22,24). The van der Waals surface area contributed by atoms with Crippen LogP contribution >= 0.6 is 0 Å². The third-order valence-corrected chi connectivity index (χ3v) is 6.61. The van der Waals surface area contributed by atoms with Gasteiger partial charge in [0.05, 0.1) is 6.54 Å². The maximum absolute atomic E-state index is 14.2. The maximum atomic E-state index is 14.2. The number of nitrogens with one attached hydrogen (secondary N) is 1. The van der Waals surface area contributed by atoms with Gasteiger partial charge in [0.25, 0.3) is 5.92 Å². The largest absolute Gasteiger partial charge is 0.403 e. The van der Waals surface area contributed by atoms with E-state index in [1.165, 1.54) is 0 Å². The summed E-state index contributed by atoms with van der Waals surface area (Å²) in [7, 11) is 0. The number of fused-ring (bicyclic) bond motifs is 1. The average molecular weight is 374 g/mol. The number of alkyl halides is 2. The number of amides is 1. The fourth-order valence-corrected chi connectivity index (χ4v) is 4.84. The summed E-state index contributed by atoms with van der Waals surface area (Å²) >= 11 is 0. The van der Waals surface area contributed by atoms with Crippen LogP contribution in [0.1, 0.15) is 25.7 Å². The van der Waals surface area contributed by atoms with E-state index in [9.17, 15) is 13.6 Å². The first-order valence-electron chi connectivity index (χ1n) is 9.28. The van der Waals surface area contributed by atoms with Gasteiger partial charge >= 0.3 is 6.01 Å². The van der Waals surface area contributed by atoms with E-state index in [4.69, 9.17) is 4.42 Å². The molecule has 1 saturated heterocycles. The molecule has 1 aromatic heterocycles. The first kappa shape index (κ1) is 16.6. The summed E-state index contributed by atoms with van der Waals surface area (Å²) < 4.78 is 33.9. The van der Waals surface area contributed by atoms with E-state index in [1.54, 1.807) is 4.90 Å². The van der Waals surface area contributed by atoms with Gasteiger partial charge < -0.3 is 14.6 Å². The Hall–Kier alpha value is -2.51. The van der Waals surface area contributed by atoms with Crippen LogP contribution in [0, 0.1) is 10.8 Å². The Bertz CT molecular complexity index is 865. The van der Waals surface area contributed by atoms with Crippen molar-refractivity contribution in [2.75, 3.05) is 25.0 Å². The smallest absolute Gasteiger partial charge is 0.316 e. The molecular formula is C19H20F2N4O2. The first-order chi connectivity index (χ1) is 13.0. The van der Waals surface area contributed by atoms with Crippen molar-refractivity contribution >= 4 is 11.9 Å². The molecule has 2 spiro atoms. The van der Waals surface area contributed by atoms with Crippen molar-refractivity contribution in [3.8, 4) is 11.5 Å². The molecular weight excluding hydrogens is 354 g/mol. The van der Waals surface area contributed by atoms with E-state index in [2.05, 4.69) is 15.5 Å². The fourth-order valence-electron chi connectivity index (χ4n) is 4.84. The van der Waals surface area contributed by atoms with Crippen molar-refractivity contribution in [1.29, 1.82) is 0 Å². The Balaban J connectivity index is 1.15. The lowest BCUT2D eigenvalue weighted by Crippen LogP contribution is -2.43. The Morgan fingerprint density at radius 3 is 2.37 bits per heavy atom. The summed E-state index contributed by atoms with van der Waals surface area (Å²) in [6.07, 6.45) is 2.06. The third-order valence-electron chi connectivity index (χ3n) is 6.61. The summed E-state index contributed by atoms with van der Waals surface area (Å²) in [6.45, 7) is 0.777. The lowest BCUT2D eigenvalue weighted by atomic mass is 9.89. The lowest BCUT2D eigenvalue weighted by molar-refractivity contribution is -0.131. The van der Waals surface area contributed by atoms with Crippen LogP contribution in [0.5, 0.6) is 0 Å². The molecule has 2 heterocycles. The van der Waals surface area contributed by atoms with Crippen LogP contribution in [-0.2, 0) is 4.79 Å². The predicted molar refractivity (Wildman–Crippen MR) is 93.1 cm³/mol. The molecule has 27 heavy (non-hydrogen) atoms. The third kappa shape index (κ3) is 2.25. The molecule has 8 heteroatoms. The molecule has 1 amide bonds. The van der Waals surface area contributed by atoms with Gasteiger partial charge in [-0.1, -0.05) is 23.3 Å². The number of likely N-dealkylation sites (tertiary alicyclic amines) is 1. The minimum atomic E-state index is -2.54. The van der Waals surface area contributed by atoms with Gasteiger partial charge in [0.15, 0.2) is 0 Å². The minimum Gasteiger partial charge on any atom is -0.403 e. The second-order valence-electron chi connectivity index (χ2n) is 7.75. The topological polar surface area (TPSA) is 71.3 Å². The summed E-state index contributed by atoms with van der Waals surface area (Å²) in [5, 5.41) is 10.7. The molecule has 0 atom stereocenters. The number of carbonyl (C=O) groups is 1. The SMILES string of the molecule is O=C(CNc1nnc(-c2ccccc2)o1)N1CCC2(CC1)C(F)(F)C21CC1. The van der Waals surface area contributed by atoms with E-state index >= 15 is 0 Å². The Kier molecular flexibility index (Phi) is 3.39. The monoisotopic (exact) mass is 374 g/mol. The van der Waals surface area contributed by atoms with Crippen molar-refractivity contribution in [3.05, 3.63) is 30.3 Å². The number of halogens is 2. The number of rotatable bonds is 4. The summed E-state index contributed by atoms with van der Waals surface area (Å²) in [4.78, 5) is 14.1. The normalized spacial score (nSPS) is 23.4. The zero-order chi connectivity index (χ0) is 18.7. The van der Waals surface area contributed by atoms with E-state index in [0.29, 0.717) is 44.7 Å². The van der Waals surface area contributed by atoms with Crippen molar-refractivity contribution < 1.29 is 18.0 Å². The molecule has 5 rings (SSSR count). The number of carbonyl (C=O) groups excluding carboxylic acids is 1. The average Bonchev–Trinajstić information content (AvgIpc) is 3.48. The molecule has 2 aliphatic carbocycles. The van der Waals surface area contributed by atoms with Gasteiger partial charge in [0.2, 0.25) is 11.8 Å². The molecule has 1 N–H and O–H groups in total. The molecule has 2 saturated carbocycles. The number of hydrogen-bond acceptors (Lipinski definition) is 5. The van der Waals surface area contributed by atoms with E-state index in [0.717, 1.165) is 5.56 Å². The highest BCUT2D eigenvalue weighted by Crippen LogP contribution is 2.89. The number of nitrogens with zero attached hydrogens (tertiary/aromatic N) is 3. The first-order valence-corrected chi connectivity index (χ1v) is 9.28. The molecule has 3 aliphatic rings. The molecule has 0 radical (unpaired) electrons. The van der Waals surface area contributed by atoms with Gasteiger partial charge in [-0.05, 0) is 37.8 Å². The number of aromatic nitrogens is 2. The van der Waals surface area contributed by atoms with E-state index in [1.807, 2.05) is 30.3 Å². The summed E-state index contributed by atoms with van der Waals surface area (Å²) in [6, 6.07) is 9.51. The molecule has 0 bridgehead atoms. The van der Waals surface area contributed by atoms with Gasteiger partial charge in [-0.2, -0.15) is 0 Å². The zero-order valence-corrected chi connectivity index (χ0v) is 14.8. The Morgan fingerprint density at radius 1 is 1.07 bits per heavy atom. The van der Waals surface area contributed by atoms with E-state index < -0.39 is 16.8 Å². The number of hydrogen-bond donors (Lipinski definition) is 1. The minimum absolute atomic E-state index is 0.00492. The molecule has 6 nitrogen and oxygen atoms in total. The molecule has 3 fully saturated rings. The summed E-state index contributed by atoms with van der Waals surface area (Å²) in [5.41, 5.74) is -0.781. The van der Waals surface area contributed by atoms with Crippen molar-refractivity contribution in [2.45, 2.75) is 31.6 Å². The fraction of sp³-hybridized carbons (Fsp3) is 0.526. The Labute approximate surface area is 154 Å². The molecule has 1 aliphatic heterocycles. The predicted octanol–water partition coefficient (Wildman–Crippen LogP) is 3.19. The molecule has 1 aromatic carbocycles. The summed E-state index contributed by atoms with van der Waals surface area (Å²) in [5.74, 6) is -2.31. The van der Waals surface area contributed by atoms with Crippen LogP contribution in [0.3, 0.4) is 0 Å². The molecule has 142 valence electrons. The van der Waals surface area contributed by atoms with Crippen molar-refractivity contribution in [3.63, 3.8) is 0 Å². The highest BCUT2D eigenvalue weighted by atomic mass is 19.3. The van der Waals surface area contributed by atoms with Gasteiger partial charge in [-0.3, -0.25) is 4.79 Å².